The first-order chi connectivity index (χ1) is 12.3. The number of hydrogen-bond donors (Lipinski definition) is 3. The minimum atomic E-state index is -3.79. The van der Waals surface area contributed by atoms with Crippen LogP contribution in [0.2, 0.25) is 0 Å². The summed E-state index contributed by atoms with van der Waals surface area (Å²) in [5.74, 6) is -0.296. The number of rotatable bonds is 4. The van der Waals surface area contributed by atoms with Crippen LogP contribution < -0.4 is 11.2 Å². The largest absolute Gasteiger partial charge is 0.369 e. The van der Waals surface area contributed by atoms with E-state index in [4.69, 9.17) is 11.1 Å². The Morgan fingerprint density at radius 3 is 2.65 bits per heavy atom. The number of para-hydroxylation sites is 1. The zero-order chi connectivity index (χ0) is 18.9. The van der Waals surface area contributed by atoms with Gasteiger partial charge in [0.2, 0.25) is 5.96 Å². The van der Waals surface area contributed by atoms with Crippen molar-refractivity contribution in [2.45, 2.75) is 11.8 Å². The van der Waals surface area contributed by atoms with Crippen molar-refractivity contribution in [1.82, 2.24) is 9.40 Å². The standard InChI is InChI=1S/C17H16BrN5O2S/c1-11(21-22-17(19)20)15-10-23(16-8-3-2-7-14(15)16)26(24,25)13-6-4-5-12(18)9-13/h2-10H,1H3,(H4,19,20,22). The van der Waals surface area contributed by atoms with Gasteiger partial charge in [-0.3, -0.25) is 5.41 Å². The number of aromatic nitrogens is 1. The molecule has 1 heterocycles. The van der Waals surface area contributed by atoms with Gasteiger partial charge in [0.05, 0.1) is 16.1 Å². The summed E-state index contributed by atoms with van der Waals surface area (Å²) in [6.07, 6.45) is 1.53. The predicted octanol–water partition coefficient (Wildman–Crippen LogP) is 2.85. The van der Waals surface area contributed by atoms with Crippen LogP contribution in [0.5, 0.6) is 0 Å². The maximum atomic E-state index is 13.1. The molecule has 0 aliphatic heterocycles. The number of benzene rings is 2. The van der Waals surface area contributed by atoms with Gasteiger partial charge in [0.25, 0.3) is 10.0 Å². The highest BCUT2D eigenvalue weighted by Crippen LogP contribution is 2.27. The third-order valence-electron chi connectivity index (χ3n) is 3.76. The molecule has 0 aliphatic carbocycles. The minimum Gasteiger partial charge on any atom is -0.369 e. The Kier molecular flexibility index (Phi) is 4.84. The molecule has 0 saturated carbocycles. The van der Waals surface area contributed by atoms with Gasteiger partial charge in [-0.25, -0.2) is 17.8 Å². The number of halogens is 1. The van der Waals surface area contributed by atoms with E-state index in [0.717, 1.165) is 5.39 Å². The molecule has 4 N–H and O–H groups in total. The smallest absolute Gasteiger partial charge is 0.268 e. The predicted molar refractivity (Wildman–Crippen MR) is 106 cm³/mol. The summed E-state index contributed by atoms with van der Waals surface area (Å²) >= 11 is 3.31. The van der Waals surface area contributed by atoms with E-state index in [0.29, 0.717) is 21.3 Å². The van der Waals surface area contributed by atoms with Crippen molar-refractivity contribution in [3.63, 3.8) is 0 Å². The monoisotopic (exact) mass is 433 g/mol. The summed E-state index contributed by atoms with van der Waals surface area (Å²) in [6, 6.07) is 13.7. The van der Waals surface area contributed by atoms with E-state index in [2.05, 4.69) is 26.5 Å². The Hall–Kier alpha value is -2.65. The highest BCUT2D eigenvalue weighted by Gasteiger charge is 2.22. The fourth-order valence-corrected chi connectivity index (χ4v) is 4.55. The number of nitrogens with one attached hydrogen (secondary N) is 2. The second-order valence-electron chi connectivity index (χ2n) is 5.54. The molecule has 134 valence electrons. The van der Waals surface area contributed by atoms with Crippen LogP contribution in [0.1, 0.15) is 12.5 Å². The van der Waals surface area contributed by atoms with Gasteiger partial charge in [-0.1, -0.05) is 40.2 Å². The number of nitrogens with zero attached hydrogens (tertiary/aromatic N) is 2. The molecule has 0 bridgehead atoms. The molecule has 0 unspecified atom stereocenters. The third-order valence-corrected chi connectivity index (χ3v) is 5.93. The molecule has 0 atom stereocenters. The molecule has 3 rings (SSSR count). The first-order valence-corrected chi connectivity index (χ1v) is 9.80. The van der Waals surface area contributed by atoms with Crippen molar-refractivity contribution in [2.24, 2.45) is 10.8 Å². The molecule has 0 spiro atoms. The fourth-order valence-electron chi connectivity index (χ4n) is 2.58. The van der Waals surface area contributed by atoms with E-state index in [1.165, 1.54) is 10.2 Å². The summed E-state index contributed by atoms with van der Waals surface area (Å²) in [5.41, 5.74) is 9.32. The van der Waals surface area contributed by atoms with E-state index in [9.17, 15) is 8.42 Å². The molecule has 0 aliphatic rings. The molecule has 0 radical (unpaired) electrons. The van der Waals surface area contributed by atoms with Gasteiger partial charge in [-0.05, 0) is 31.2 Å². The molecule has 3 aromatic rings. The van der Waals surface area contributed by atoms with Crippen molar-refractivity contribution in [3.05, 3.63) is 64.8 Å². The van der Waals surface area contributed by atoms with Gasteiger partial charge in [0.1, 0.15) is 0 Å². The Labute approximate surface area is 159 Å². The molecule has 0 fully saturated rings. The highest BCUT2D eigenvalue weighted by molar-refractivity contribution is 9.10. The average molecular weight is 434 g/mol. The minimum absolute atomic E-state index is 0.177. The Morgan fingerprint density at radius 1 is 1.23 bits per heavy atom. The van der Waals surface area contributed by atoms with Crippen molar-refractivity contribution in [2.75, 3.05) is 0 Å². The van der Waals surface area contributed by atoms with Gasteiger partial charge in [0.15, 0.2) is 0 Å². The van der Waals surface area contributed by atoms with Crippen LogP contribution in [-0.2, 0) is 10.0 Å². The quantitative estimate of drug-likeness (QED) is 0.333. The second kappa shape index (κ2) is 6.93. The van der Waals surface area contributed by atoms with Crippen molar-refractivity contribution < 1.29 is 8.42 Å². The van der Waals surface area contributed by atoms with Crippen molar-refractivity contribution in [1.29, 1.82) is 5.41 Å². The van der Waals surface area contributed by atoms with Gasteiger partial charge in [0, 0.05) is 21.6 Å². The SMILES string of the molecule is CC(=NNC(=N)N)c1cn(S(=O)(=O)c2cccc(Br)c2)c2ccccc12. The van der Waals surface area contributed by atoms with Crippen molar-refractivity contribution >= 4 is 48.5 Å². The molecule has 1 aromatic heterocycles. The molecule has 9 heteroatoms. The number of fused-ring (bicyclic) bond motifs is 1. The van der Waals surface area contributed by atoms with Crippen LogP contribution in [-0.4, -0.2) is 24.1 Å². The van der Waals surface area contributed by atoms with Crippen LogP contribution in [0.15, 0.2) is 69.2 Å². The lowest BCUT2D eigenvalue weighted by Crippen LogP contribution is -2.26. The Bertz CT molecular complexity index is 1140. The molecule has 2 aromatic carbocycles. The third kappa shape index (κ3) is 3.35. The number of hydrogen-bond acceptors (Lipinski definition) is 4. The highest BCUT2D eigenvalue weighted by atomic mass is 79.9. The molecular formula is C17H16BrN5O2S. The zero-order valence-corrected chi connectivity index (χ0v) is 16.2. The summed E-state index contributed by atoms with van der Waals surface area (Å²) in [5, 5.41) is 12.0. The van der Waals surface area contributed by atoms with E-state index in [1.807, 2.05) is 12.1 Å². The first kappa shape index (κ1) is 18.2. The number of nitrogens with two attached hydrogens (primary N) is 1. The maximum Gasteiger partial charge on any atom is 0.268 e. The van der Waals surface area contributed by atoms with Crippen LogP contribution in [0.25, 0.3) is 10.9 Å². The molecule has 0 saturated heterocycles. The molecular weight excluding hydrogens is 418 g/mol. The van der Waals surface area contributed by atoms with Crippen LogP contribution in [0, 0.1) is 5.41 Å². The maximum absolute atomic E-state index is 13.1. The lowest BCUT2D eigenvalue weighted by Gasteiger charge is -2.07. The lowest BCUT2D eigenvalue weighted by atomic mass is 10.1. The molecule has 7 nitrogen and oxygen atoms in total. The summed E-state index contributed by atoms with van der Waals surface area (Å²) in [6.45, 7) is 1.72. The van der Waals surface area contributed by atoms with Crippen LogP contribution in [0.3, 0.4) is 0 Å². The van der Waals surface area contributed by atoms with E-state index in [1.54, 1.807) is 43.3 Å². The van der Waals surface area contributed by atoms with Gasteiger partial charge in [-0.2, -0.15) is 5.10 Å². The van der Waals surface area contributed by atoms with E-state index in [-0.39, 0.29) is 10.9 Å². The Morgan fingerprint density at radius 2 is 1.96 bits per heavy atom. The summed E-state index contributed by atoms with van der Waals surface area (Å²) < 4.78 is 28.2. The molecule has 0 amide bonds. The van der Waals surface area contributed by atoms with Gasteiger partial charge >= 0.3 is 0 Å². The van der Waals surface area contributed by atoms with E-state index >= 15 is 0 Å². The second-order valence-corrected chi connectivity index (χ2v) is 8.27. The molecule has 26 heavy (non-hydrogen) atoms. The number of hydrazone groups is 1. The Balaban J connectivity index is 2.22. The number of guanidine groups is 1. The van der Waals surface area contributed by atoms with Crippen LogP contribution in [0.4, 0.5) is 0 Å². The lowest BCUT2D eigenvalue weighted by molar-refractivity contribution is 0.589. The van der Waals surface area contributed by atoms with Crippen molar-refractivity contribution in [3.8, 4) is 0 Å². The fraction of sp³-hybridized carbons (Fsp3) is 0.0588. The topological polar surface area (TPSA) is 113 Å². The first-order valence-electron chi connectivity index (χ1n) is 7.56. The zero-order valence-electron chi connectivity index (χ0n) is 13.8. The van der Waals surface area contributed by atoms with Crippen LogP contribution >= 0.6 is 15.9 Å². The summed E-state index contributed by atoms with van der Waals surface area (Å²) in [7, 11) is -3.79. The van der Waals surface area contributed by atoms with E-state index < -0.39 is 10.0 Å². The average Bonchev–Trinajstić information content (AvgIpc) is 3.00. The van der Waals surface area contributed by atoms with Gasteiger partial charge < -0.3 is 5.73 Å². The van der Waals surface area contributed by atoms with Gasteiger partial charge in [-0.15, -0.1) is 0 Å². The summed E-state index contributed by atoms with van der Waals surface area (Å²) in [4.78, 5) is 0.177. The normalized spacial score (nSPS) is 12.3.